The average Bonchev–Trinajstić information content (AvgIpc) is 2.93. The van der Waals surface area contributed by atoms with Gasteiger partial charge in [0.2, 0.25) is 0 Å². The fraction of sp³-hybridized carbons (Fsp3) is 0.400. The molecule has 0 bridgehead atoms. The fourth-order valence-electron chi connectivity index (χ4n) is 3.97. The molecule has 0 unspecified atom stereocenters. The normalized spacial score (nSPS) is 19.5. The number of likely N-dealkylation sites (tertiary alicyclic amines) is 1. The van der Waals surface area contributed by atoms with Crippen molar-refractivity contribution in [3.05, 3.63) is 59.2 Å². The summed E-state index contributed by atoms with van der Waals surface area (Å²) >= 11 is 0. The predicted octanol–water partition coefficient (Wildman–Crippen LogP) is 3.63. The van der Waals surface area contributed by atoms with Crippen LogP contribution in [-0.2, 0) is 12.0 Å². The van der Waals surface area contributed by atoms with Crippen LogP contribution in [0.25, 0.3) is 0 Å². The molecule has 1 saturated heterocycles. The third kappa shape index (κ3) is 2.49. The van der Waals surface area contributed by atoms with E-state index in [4.69, 9.17) is 4.74 Å². The van der Waals surface area contributed by atoms with Gasteiger partial charge in [-0.3, -0.25) is 4.90 Å². The summed E-state index contributed by atoms with van der Waals surface area (Å²) in [5.41, 5.74) is 3.70. The minimum atomic E-state index is 0.140. The molecule has 1 spiro atoms. The Morgan fingerprint density at radius 3 is 2.57 bits per heavy atom. The average molecular weight is 309 g/mol. The van der Waals surface area contributed by atoms with E-state index in [2.05, 4.69) is 41.3 Å². The number of hydrogen-bond acceptors (Lipinski definition) is 3. The van der Waals surface area contributed by atoms with Crippen LogP contribution in [0.2, 0.25) is 0 Å². The highest BCUT2D eigenvalue weighted by molar-refractivity contribution is 5.54. The lowest BCUT2D eigenvalue weighted by Crippen LogP contribution is -2.43. The van der Waals surface area contributed by atoms with Crippen LogP contribution in [0.15, 0.2) is 42.5 Å². The fourth-order valence-corrected chi connectivity index (χ4v) is 3.97. The molecule has 2 aromatic rings. The SMILES string of the molecule is Cc1c(O)ccc2c1OCC21CCN(Cc2ccccc2)CC1. The van der Waals surface area contributed by atoms with Gasteiger partial charge in [0.15, 0.2) is 0 Å². The molecule has 4 rings (SSSR count). The first-order valence-electron chi connectivity index (χ1n) is 8.40. The van der Waals surface area contributed by atoms with E-state index in [1.54, 1.807) is 0 Å². The van der Waals surface area contributed by atoms with Crippen molar-refractivity contribution in [3.8, 4) is 11.5 Å². The third-order valence-electron chi connectivity index (χ3n) is 5.50. The molecule has 0 atom stereocenters. The number of hydrogen-bond donors (Lipinski definition) is 1. The molecule has 1 N–H and O–H groups in total. The van der Waals surface area contributed by atoms with Gasteiger partial charge in [0.25, 0.3) is 0 Å². The molecule has 2 aliphatic rings. The second-order valence-corrected chi connectivity index (χ2v) is 6.92. The minimum absolute atomic E-state index is 0.140. The minimum Gasteiger partial charge on any atom is -0.508 e. The van der Waals surface area contributed by atoms with Gasteiger partial charge in [-0.2, -0.15) is 0 Å². The van der Waals surface area contributed by atoms with Gasteiger partial charge in [0.1, 0.15) is 11.5 Å². The van der Waals surface area contributed by atoms with Crippen LogP contribution in [-0.4, -0.2) is 29.7 Å². The maximum atomic E-state index is 9.89. The molecule has 23 heavy (non-hydrogen) atoms. The number of phenolic OH excluding ortho intramolecular Hbond substituents is 1. The van der Waals surface area contributed by atoms with E-state index in [0.717, 1.165) is 50.4 Å². The molecule has 1 fully saturated rings. The number of rotatable bonds is 2. The molecule has 0 radical (unpaired) electrons. The summed E-state index contributed by atoms with van der Waals surface area (Å²) < 4.78 is 5.98. The summed E-state index contributed by atoms with van der Waals surface area (Å²) in [7, 11) is 0. The van der Waals surface area contributed by atoms with E-state index < -0.39 is 0 Å². The van der Waals surface area contributed by atoms with Gasteiger partial charge >= 0.3 is 0 Å². The third-order valence-corrected chi connectivity index (χ3v) is 5.50. The van der Waals surface area contributed by atoms with Crippen molar-refractivity contribution in [1.82, 2.24) is 4.90 Å². The highest BCUT2D eigenvalue weighted by Gasteiger charge is 2.43. The van der Waals surface area contributed by atoms with Gasteiger partial charge in [0, 0.05) is 23.1 Å². The first-order valence-corrected chi connectivity index (χ1v) is 8.40. The zero-order chi connectivity index (χ0) is 15.9. The molecule has 3 heteroatoms. The van der Waals surface area contributed by atoms with Gasteiger partial charge in [-0.1, -0.05) is 36.4 Å². The maximum absolute atomic E-state index is 9.89. The van der Waals surface area contributed by atoms with Crippen molar-refractivity contribution in [2.24, 2.45) is 0 Å². The Bertz CT molecular complexity index is 703. The second kappa shape index (κ2) is 5.57. The van der Waals surface area contributed by atoms with Crippen LogP contribution in [0.4, 0.5) is 0 Å². The zero-order valence-electron chi connectivity index (χ0n) is 13.6. The van der Waals surface area contributed by atoms with Gasteiger partial charge in [-0.25, -0.2) is 0 Å². The largest absolute Gasteiger partial charge is 0.508 e. The van der Waals surface area contributed by atoms with Crippen molar-refractivity contribution < 1.29 is 9.84 Å². The Morgan fingerprint density at radius 2 is 1.83 bits per heavy atom. The topological polar surface area (TPSA) is 32.7 Å². The smallest absolute Gasteiger partial charge is 0.129 e. The van der Waals surface area contributed by atoms with Gasteiger partial charge in [0.05, 0.1) is 6.61 Å². The van der Waals surface area contributed by atoms with Gasteiger partial charge in [-0.05, 0) is 44.5 Å². The van der Waals surface area contributed by atoms with Crippen molar-refractivity contribution in [3.63, 3.8) is 0 Å². The highest BCUT2D eigenvalue weighted by atomic mass is 16.5. The zero-order valence-corrected chi connectivity index (χ0v) is 13.6. The number of piperidine rings is 1. The molecule has 3 nitrogen and oxygen atoms in total. The molecule has 2 aliphatic heterocycles. The molecular weight excluding hydrogens is 286 g/mol. The summed E-state index contributed by atoms with van der Waals surface area (Å²) in [6.45, 7) is 5.91. The summed E-state index contributed by atoms with van der Waals surface area (Å²) in [4.78, 5) is 2.53. The van der Waals surface area contributed by atoms with E-state index in [9.17, 15) is 5.11 Å². The van der Waals surface area contributed by atoms with Gasteiger partial charge in [-0.15, -0.1) is 0 Å². The number of aromatic hydroxyl groups is 1. The van der Waals surface area contributed by atoms with Crippen molar-refractivity contribution in [1.29, 1.82) is 0 Å². The number of phenols is 1. The van der Waals surface area contributed by atoms with Crippen molar-refractivity contribution >= 4 is 0 Å². The van der Waals surface area contributed by atoms with Crippen LogP contribution in [0.5, 0.6) is 11.5 Å². The lowest BCUT2D eigenvalue weighted by molar-refractivity contribution is 0.130. The molecular formula is C20H23NO2. The van der Waals surface area contributed by atoms with Crippen molar-refractivity contribution in [2.45, 2.75) is 31.7 Å². The molecule has 0 aromatic heterocycles. The molecule has 2 aromatic carbocycles. The van der Waals surface area contributed by atoms with Crippen molar-refractivity contribution in [2.75, 3.05) is 19.7 Å². The Morgan fingerprint density at radius 1 is 1.09 bits per heavy atom. The van der Waals surface area contributed by atoms with Crippen LogP contribution in [0.1, 0.15) is 29.5 Å². The molecule has 0 aliphatic carbocycles. The Labute approximate surface area is 137 Å². The van der Waals surface area contributed by atoms with E-state index in [-0.39, 0.29) is 5.41 Å². The van der Waals surface area contributed by atoms with Crippen LogP contribution in [0, 0.1) is 6.92 Å². The highest BCUT2D eigenvalue weighted by Crippen LogP contribution is 2.48. The predicted molar refractivity (Wildman–Crippen MR) is 91.0 cm³/mol. The number of nitrogens with zero attached hydrogens (tertiary/aromatic N) is 1. The summed E-state index contributed by atoms with van der Waals surface area (Å²) in [6, 6.07) is 14.6. The molecule has 0 saturated carbocycles. The van der Waals surface area contributed by atoms with Crippen LogP contribution >= 0.6 is 0 Å². The molecule has 120 valence electrons. The Balaban J connectivity index is 1.50. The second-order valence-electron chi connectivity index (χ2n) is 6.92. The number of ether oxygens (including phenoxy) is 1. The monoisotopic (exact) mass is 309 g/mol. The van der Waals surface area contributed by atoms with E-state index >= 15 is 0 Å². The first kappa shape index (κ1) is 14.6. The molecule has 0 amide bonds. The maximum Gasteiger partial charge on any atom is 0.129 e. The van der Waals surface area contributed by atoms with Gasteiger partial charge < -0.3 is 9.84 Å². The lowest BCUT2D eigenvalue weighted by Gasteiger charge is -2.38. The number of benzene rings is 2. The first-order chi connectivity index (χ1) is 11.2. The Kier molecular flexibility index (Phi) is 3.53. The van der Waals surface area contributed by atoms with E-state index in [0.29, 0.717) is 5.75 Å². The van der Waals surface area contributed by atoms with Crippen LogP contribution in [0.3, 0.4) is 0 Å². The Hall–Kier alpha value is -2.00. The lowest BCUT2D eigenvalue weighted by atomic mass is 9.74. The number of fused-ring (bicyclic) bond motifs is 2. The van der Waals surface area contributed by atoms with Crippen LogP contribution < -0.4 is 4.74 Å². The summed E-state index contributed by atoms with van der Waals surface area (Å²) in [6.07, 6.45) is 2.24. The standard InChI is InChI=1S/C20H23NO2/c1-15-18(22)8-7-17-19(15)23-14-20(17)9-11-21(12-10-20)13-16-5-3-2-4-6-16/h2-8,22H,9-14H2,1H3. The summed E-state index contributed by atoms with van der Waals surface area (Å²) in [5, 5.41) is 9.89. The summed E-state index contributed by atoms with van der Waals surface area (Å²) in [5.74, 6) is 1.25. The van der Waals surface area contributed by atoms with E-state index in [1.807, 2.05) is 13.0 Å². The quantitative estimate of drug-likeness (QED) is 0.919. The molecule has 2 heterocycles. The van der Waals surface area contributed by atoms with E-state index in [1.165, 1.54) is 11.1 Å².